The zero-order valence-electron chi connectivity index (χ0n) is 77.5. The Hall–Kier alpha value is -17.3. The summed E-state index contributed by atoms with van der Waals surface area (Å²) in [5, 5.41) is 19.1. The van der Waals surface area contributed by atoms with Gasteiger partial charge in [0.05, 0.1) is 68.3 Å². The molecule has 6 aliphatic rings. The van der Waals surface area contributed by atoms with Gasteiger partial charge in [-0.25, -0.2) is 29.9 Å². The molecule has 0 amide bonds. The van der Waals surface area contributed by atoms with Crippen LogP contribution in [-0.2, 0) is 0 Å². The number of aromatic nitrogens is 12. The molecular weight excluding hydrogens is 1970 g/mol. The quantitative estimate of drug-likeness (QED) is 0.0665. The van der Waals surface area contributed by atoms with Gasteiger partial charge in [-0.2, -0.15) is 0 Å². The van der Waals surface area contributed by atoms with Crippen molar-refractivity contribution in [2.75, 3.05) is 0 Å². The first kappa shape index (κ1) is 87.5. The van der Waals surface area contributed by atoms with Gasteiger partial charge in [-0.15, -0.1) is 102 Å². The van der Waals surface area contributed by atoms with Crippen LogP contribution in [0.4, 0.5) is 0 Å². The van der Waals surface area contributed by atoms with Crippen molar-refractivity contribution in [1.82, 2.24) is 59.8 Å². The van der Waals surface area contributed by atoms with Crippen LogP contribution in [0.2, 0.25) is 0 Å². The van der Waals surface area contributed by atoms with Gasteiger partial charge in [-0.05, 0) is 320 Å². The Labute approximate surface area is 878 Å². The Morgan fingerprint density at radius 2 is 0.279 bits per heavy atom. The third kappa shape index (κ3) is 16.4. The van der Waals surface area contributed by atoms with Crippen molar-refractivity contribution in [2.45, 2.75) is 0 Å². The molecule has 0 fully saturated rings. The molecular formula is C126H72N12S9. The zero-order valence-corrected chi connectivity index (χ0v) is 84.8. The molecule has 0 aliphatic carbocycles. The van der Waals surface area contributed by atoms with Crippen molar-refractivity contribution in [3.05, 3.63) is 423 Å². The molecule has 0 saturated carbocycles. The highest BCUT2D eigenvalue weighted by Gasteiger charge is 2.27. The van der Waals surface area contributed by atoms with Crippen LogP contribution >= 0.6 is 102 Å². The summed E-state index contributed by atoms with van der Waals surface area (Å²) in [6.07, 6.45) is 25.8. The summed E-state index contributed by atoms with van der Waals surface area (Å²) in [4.78, 5) is 66.8. The molecule has 690 valence electrons. The lowest BCUT2D eigenvalue weighted by Crippen LogP contribution is -1.89. The molecule has 0 atom stereocenters. The molecule has 0 saturated heterocycles. The number of fused-ring (bicyclic) bond motifs is 24. The highest BCUT2D eigenvalue weighted by Crippen LogP contribution is 2.48. The lowest BCUT2D eigenvalue weighted by molar-refractivity contribution is 1.31. The molecule has 0 unspecified atom stereocenters. The van der Waals surface area contributed by atoms with Crippen LogP contribution in [0.25, 0.3) is 266 Å². The first-order chi connectivity index (χ1) is 72.7. The third-order valence-corrected chi connectivity index (χ3v) is 34.7. The number of benzene rings is 4. The number of thiophene rings is 9. The van der Waals surface area contributed by atoms with Crippen LogP contribution in [0.5, 0.6) is 0 Å². The summed E-state index contributed by atoms with van der Waals surface area (Å²) >= 11 is 15.3. The Kier molecular flexibility index (Phi) is 22.1. The maximum Gasteiger partial charge on any atom is 0.0745 e. The van der Waals surface area contributed by atoms with E-state index in [1.165, 1.54) is 0 Å². The lowest BCUT2D eigenvalue weighted by Gasteiger charge is -2.06. The Bertz CT molecular complexity index is 9040. The van der Waals surface area contributed by atoms with E-state index < -0.39 is 0 Å². The number of rotatable bonds is 12. The topological polar surface area (TPSA) is 172 Å². The van der Waals surface area contributed by atoms with E-state index in [4.69, 9.17) is 29.9 Å². The van der Waals surface area contributed by atoms with Crippen LogP contribution in [0, 0.1) is 35.5 Å². The maximum absolute atomic E-state index is 5.60. The minimum absolute atomic E-state index is 0.752. The number of aromatic amines is 6. The molecule has 0 radical (unpaired) electrons. The van der Waals surface area contributed by atoms with Crippen molar-refractivity contribution in [3.63, 3.8) is 0 Å². The molecule has 6 N–H and O–H groups in total. The maximum atomic E-state index is 5.60. The van der Waals surface area contributed by atoms with Crippen molar-refractivity contribution in [2.24, 2.45) is 0 Å². The second-order valence-electron chi connectivity index (χ2n) is 35.6. The predicted molar refractivity (Wildman–Crippen MR) is 627 cm³/mol. The fraction of sp³-hybridized carbons (Fsp3) is 0. The molecule has 21 heteroatoms. The standard InChI is InChI=1S/C126H72N12S9/c1-10-106(139-61-1)118-88-43-37-82(127-88)115(83-38-44-89(128-83)119(107-11-2-62-140-107)95-50-56-101(134-95)124(112-16-7-67-145-112)100-55-49-94(118)133-100)79-31-25-73(26-32-79)19-22-76-70-77(23-20-74-27-33-80(34-28-74)116-84-39-45-90(129-84)120(108-12-3-63-141-108)96-51-57-102(135-96)125(113-17-8-68-146-113)103-58-52-97(136-103)121(109-13-4-64-142-109)91-46-40-85(116)130-91)72-78(71-76)24-21-75-29-35-81(36-30-75)117-86-41-47-92(131-86)122(110-14-5-65-143-110)98-53-59-104(137-98)126(114-18-9-69-147-114)105-60-54-99(138-105)123(111-15-6-66-144-111)93-48-42-87(117)132-93/h1-18,25-72,127,129,131,134,136,138H. The largest absolute Gasteiger partial charge is 0.354 e. The van der Waals surface area contributed by atoms with E-state index in [2.05, 4.69) is 460 Å². The van der Waals surface area contributed by atoms with E-state index in [1.54, 1.807) is 102 Å². The summed E-state index contributed by atoms with van der Waals surface area (Å²) < 4.78 is 0. The van der Waals surface area contributed by atoms with Gasteiger partial charge >= 0.3 is 0 Å². The fourth-order valence-corrected chi connectivity index (χ4v) is 27.2. The van der Waals surface area contributed by atoms with Crippen LogP contribution in [0.3, 0.4) is 0 Å². The highest BCUT2D eigenvalue weighted by atomic mass is 32.1. The van der Waals surface area contributed by atoms with Gasteiger partial charge in [0.25, 0.3) is 0 Å². The van der Waals surface area contributed by atoms with E-state index in [-0.39, 0.29) is 0 Å². The molecule has 22 aromatic rings. The molecule has 24 heterocycles. The fourth-order valence-electron chi connectivity index (χ4n) is 20.1. The zero-order chi connectivity index (χ0) is 96.9. The van der Waals surface area contributed by atoms with Gasteiger partial charge in [-0.1, -0.05) is 127 Å². The van der Waals surface area contributed by atoms with Gasteiger partial charge in [0.1, 0.15) is 0 Å². The molecule has 6 aliphatic heterocycles. The van der Waals surface area contributed by atoms with Crippen LogP contribution in [0.15, 0.2) is 321 Å². The normalized spacial score (nSPS) is 12.2. The number of hydrogen-bond donors (Lipinski definition) is 6. The second-order valence-corrected chi connectivity index (χ2v) is 44.1. The van der Waals surface area contributed by atoms with E-state index in [0.717, 1.165) is 295 Å². The Morgan fingerprint density at radius 1 is 0.143 bits per heavy atom. The monoisotopic (exact) mass is 2040 g/mol. The summed E-state index contributed by atoms with van der Waals surface area (Å²) in [5.74, 6) is 21.6. The van der Waals surface area contributed by atoms with Gasteiger partial charge in [0.15, 0.2) is 0 Å². The third-order valence-electron chi connectivity index (χ3n) is 26.7. The first-order valence-corrected chi connectivity index (χ1v) is 55.5. The van der Waals surface area contributed by atoms with E-state index in [9.17, 15) is 0 Å². The molecule has 4 aromatic carbocycles. The van der Waals surface area contributed by atoms with Crippen LogP contribution in [-0.4, -0.2) is 59.8 Å². The molecule has 147 heavy (non-hydrogen) atoms. The smallest absolute Gasteiger partial charge is 0.0745 e. The van der Waals surface area contributed by atoms with Crippen molar-refractivity contribution >= 4 is 241 Å². The summed E-state index contributed by atoms with van der Waals surface area (Å²) in [6.45, 7) is 0. The molecule has 18 aromatic heterocycles. The van der Waals surface area contributed by atoms with Gasteiger partial charge < -0.3 is 29.9 Å². The minimum atomic E-state index is 0.752. The van der Waals surface area contributed by atoms with E-state index in [0.29, 0.717) is 0 Å². The average molecular weight is 2040 g/mol. The van der Waals surface area contributed by atoms with Crippen LogP contribution < -0.4 is 0 Å². The number of nitrogens with one attached hydrogen (secondary N) is 6. The summed E-state index contributed by atoms with van der Waals surface area (Å²) in [7, 11) is 0. The van der Waals surface area contributed by atoms with Gasteiger partial charge in [0.2, 0.25) is 0 Å². The Balaban J connectivity index is 0.574. The Morgan fingerprint density at radius 3 is 0.422 bits per heavy atom. The SMILES string of the molecule is C(#Cc1cc(C#Cc2ccc(-c3c4nc(c(-c5cccs5)c5ccc([nH]5)c(-c5cccs5)c5nc(c(-c6cccs6)c6ccc3[nH]6)C=C5)C=C4)cc2)cc(C#Cc2ccc(-c3c4nc(c(-c5cccs5)c5ccc([nH]5)c(-c5cccs5)c5nc(c(-c6cccs6)c6ccc3[nH]6)C=C5)C=C4)cc2)c1)c1ccc(-c2c3nc(c(-c4cccs4)c4ccc([nH]4)c(-c4cccs4)c4nc(c(-c5cccs5)c5ccc2[nH]5)C=C4)C=C3)cc1. The van der Waals surface area contributed by atoms with E-state index in [1.807, 2.05) is 0 Å². The summed E-state index contributed by atoms with van der Waals surface area (Å²) in [5.41, 5.74) is 41.4. The average Bonchev–Trinajstić information content (AvgIpc) is 1.62. The number of hydrogen-bond acceptors (Lipinski definition) is 15. The minimum Gasteiger partial charge on any atom is -0.354 e. The molecule has 12 nitrogen and oxygen atoms in total. The summed E-state index contributed by atoms with van der Waals surface area (Å²) in [6, 6.07) is 96.4. The molecule has 0 spiro atoms. The molecule has 28 rings (SSSR count). The van der Waals surface area contributed by atoms with Gasteiger partial charge in [0, 0.05) is 210 Å². The van der Waals surface area contributed by atoms with Gasteiger partial charge in [-0.3, -0.25) is 0 Å². The first-order valence-electron chi connectivity index (χ1n) is 47.6. The van der Waals surface area contributed by atoms with Crippen LogP contribution in [0.1, 0.15) is 102 Å². The predicted octanol–water partition coefficient (Wildman–Crippen LogP) is 35.4. The molecule has 24 bridgehead atoms. The van der Waals surface area contributed by atoms with E-state index >= 15 is 0 Å². The van der Waals surface area contributed by atoms with Crippen molar-refractivity contribution in [3.8, 4) is 163 Å². The number of H-pyrrole nitrogens is 6. The van der Waals surface area contributed by atoms with Crippen molar-refractivity contribution in [1.29, 1.82) is 0 Å². The lowest BCUT2D eigenvalue weighted by atomic mass is 10.0. The second kappa shape index (κ2) is 37.1. The highest BCUT2D eigenvalue weighted by molar-refractivity contribution is 7.16. The number of nitrogens with zero attached hydrogens (tertiary/aromatic N) is 6. The van der Waals surface area contributed by atoms with Crippen molar-refractivity contribution < 1.29 is 0 Å².